The van der Waals surface area contributed by atoms with Crippen LogP contribution in [0.4, 0.5) is 0 Å². The molecule has 172 valence electrons. The van der Waals surface area contributed by atoms with Gasteiger partial charge in [0.15, 0.2) is 9.84 Å². The van der Waals surface area contributed by atoms with Crippen LogP contribution in [0.3, 0.4) is 0 Å². The van der Waals surface area contributed by atoms with Crippen molar-refractivity contribution in [2.75, 3.05) is 31.1 Å². The summed E-state index contributed by atoms with van der Waals surface area (Å²) in [5.74, 6) is -0.0840. The van der Waals surface area contributed by atoms with Crippen LogP contribution < -0.4 is 0 Å². The highest BCUT2D eigenvalue weighted by Crippen LogP contribution is 2.27. The van der Waals surface area contributed by atoms with E-state index in [1.54, 1.807) is 4.90 Å². The Bertz CT molecular complexity index is 1090. The second-order valence-electron chi connectivity index (χ2n) is 9.06. The monoisotopic (exact) mass is 456 g/mol. The number of hydrogen-bond acceptors (Lipinski definition) is 4. The first kappa shape index (κ1) is 22.8. The lowest BCUT2D eigenvalue weighted by Crippen LogP contribution is -2.50. The quantitative estimate of drug-likeness (QED) is 0.667. The molecule has 2 unspecified atom stereocenters. The molecule has 2 atom stereocenters. The second kappa shape index (κ2) is 9.61. The number of nitrogens with zero attached hydrogens (tertiary/aromatic N) is 2. The predicted octanol–water partition coefficient (Wildman–Crippen LogP) is 3.51. The summed E-state index contributed by atoms with van der Waals surface area (Å²) in [6, 6.07) is 13.4. The summed E-state index contributed by atoms with van der Waals surface area (Å²) >= 11 is 0. The normalized spacial score (nSPS) is 22.7. The number of fused-ring (bicyclic) bond motifs is 1. The van der Waals surface area contributed by atoms with Gasteiger partial charge in [0.2, 0.25) is 5.91 Å². The van der Waals surface area contributed by atoms with Crippen LogP contribution in [0.2, 0.25) is 0 Å². The van der Waals surface area contributed by atoms with E-state index in [1.807, 2.05) is 47.4 Å². The van der Waals surface area contributed by atoms with Crippen LogP contribution in [-0.2, 0) is 14.6 Å². The minimum atomic E-state index is -3.07. The van der Waals surface area contributed by atoms with Gasteiger partial charge in [0.1, 0.15) is 0 Å². The molecule has 0 radical (unpaired) electrons. The van der Waals surface area contributed by atoms with Crippen molar-refractivity contribution >= 4 is 32.4 Å². The van der Waals surface area contributed by atoms with Crippen LogP contribution in [0.1, 0.15) is 49.4 Å². The lowest BCUT2D eigenvalue weighted by molar-refractivity contribution is -0.139. The average Bonchev–Trinajstić information content (AvgIpc) is 3.17. The molecule has 0 N–H and O–H groups in total. The lowest BCUT2D eigenvalue weighted by atomic mass is 9.94. The van der Waals surface area contributed by atoms with Crippen molar-refractivity contribution in [2.24, 2.45) is 5.92 Å². The number of carbonyl (C=O) groups is 2. The zero-order valence-electron chi connectivity index (χ0n) is 18.7. The standard InChI is InChI=1S/C25H32N2O4S/c1-2-3-15-27(21-13-16-32(30,31)18-21)24(28)20-10-7-14-26(17-20)25(29)23-12-6-9-19-8-4-5-11-22(19)23/h4-6,8-9,11-12,20-21H,2-3,7,10,13-18H2,1H3. The fourth-order valence-corrected chi connectivity index (χ4v) is 6.73. The van der Waals surface area contributed by atoms with E-state index in [0.717, 1.165) is 36.5 Å². The van der Waals surface area contributed by atoms with Crippen molar-refractivity contribution in [3.05, 3.63) is 48.0 Å². The molecule has 4 rings (SSSR count). The fraction of sp³-hybridized carbons (Fsp3) is 0.520. The summed E-state index contributed by atoms with van der Waals surface area (Å²) < 4.78 is 24.1. The van der Waals surface area contributed by atoms with E-state index in [1.165, 1.54) is 0 Å². The van der Waals surface area contributed by atoms with Gasteiger partial charge < -0.3 is 9.80 Å². The Morgan fingerprint density at radius 3 is 2.62 bits per heavy atom. The SMILES string of the molecule is CCCCN(C(=O)C1CCCN(C(=O)c2cccc3ccccc23)C1)C1CCS(=O)(=O)C1. The molecule has 2 aromatic carbocycles. The molecule has 7 heteroatoms. The molecule has 2 fully saturated rings. The van der Waals surface area contributed by atoms with Crippen molar-refractivity contribution in [1.29, 1.82) is 0 Å². The Hall–Kier alpha value is -2.41. The Kier molecular flexibility index (Phi) is 6.84. The molecule has 0 saturated carbocycles. The number of amides is 2. The van der Waals surface area contributed by atoms with Crippen LogP contribution in [-0.4, -0.2) is 67.2 Å². The maximum Gasteiger partial charge on any atom is 0.254 e. The average molecular weight is 457 g/mol. The first-order valence-electron chi connectivity index (χ1n) is 11.7. The molecule has 0 aliphatic carbocycles. The van der Waals surface area contributed by atoms with Gasteiger partial charge in [0, 0.05) is 31.2 Å². The highest BCUT2D eigenvalue weighted by molar-refractivity contribution is 7.91. The molecule has 32 heavy (non-hydrogen) atoms. The molecular formula is C25H32N2O4S. The van der Waals surface area contributed by atoms with E-state index >= 15 is 0 Å². The molecule has 6 nitrogen and oxygen atoms in total. The van der Waals surface area contributed by atoms with E-state index in [0.29, 0.717) is 31.6 Å². The summed E-state index contributed by atoms with van der Waals surface area (Å²) in [6.07, 6.45) is 3.83. The topological polar surface area (TPSA) is 74.8 Å². The van der Waals surface area contributed by atoms with Crippen LogP contribution in [0.15, 0.2) is 42.5 Å². The van der Waals surface area contributed by atoms with Crippen LogP contribution in [0, 0.1) is 5.92 Å². The number of hydrogen-bond donors (Lipinski definition) is 0. The number of carbonyl (C=O) groups excluding carboxylic acids is 2. The number of likely N-dealkylation sites (tertiary alicyclic amines) is 1. The van der Waals surface area contributed by atoms with E-state index in [2.05, 4.69) is 6.92 Å². The Balaban J connectivity index is 1.51. The summed E-state index contributed by atoms with van der Waals surface area (Å²) in [6.45, 7) is 3.68. The largest absolute Gasteiger partial charge is 0.338 e. The second-order valence-corrected chi connectivity index (χ2v) is 11.3. The maximum absolute atomic E-state index is 13.5. The van der Waals surface area contributed by atoms with Gasteiger partial charge in [-0.2, -0.15) is 0 Å². The van der Waals surface area contributed by atoms with E-state index in [4.69, 9.17) is 0 Å². The van der Waals surface area contributed by atoms with Gasteiger partial charge in [-0.25, -0.2) is 8.42 Å². The zero-order chi connectivity index (χ0) is 22.7. The van der Waals surface area contributed by atoms with Crippen LogP contribution in [0.5, 0.6) is 0 Å². The van der Waals surface area contributed by atoms with E-state index in [9.17, 15) is 18.0 Å². The van der Waals surface area contributed by atoms with Gasteiger partial charge in [0.25, 0.3) is 5.91 Å². The first-order chi connectivity index (χ1) is 15.4. The van der Waals surface area contributed by atoms with Crippen LogP contribution in [0.25, 0.3) is 10.8 Å². The summed E-state index contributed by atoms with van der Waals surface area (Å²) in [5.41, 5.74) is 0.668. The van der Waals surface area contributed by atoms with Gasteiger partial charge in [-0.05, 0) is 42.5 Å². The number of sulfone groups is 1. The minimum absolute atomic E-state index is 0.0102. The van der Waals surface area contributed by atoms with Gasteiger partial charge in [-0.15, -0.1) is 0 Å². The third kappa shape index (κ3) is 4.82. The molecule has 0 bridgehead atoms. The Labute approximate surface area is 190 Å². The fourth-order valence-electron chi connectivity index (χ4n) is 5.00. The Morgan fingerprint density at radius 2 is 1.88 bits per heavy atom. The molecule has 2 aliphatic rings. The van der Waals surface area contributed by atoms with Gasteiger partial charge in [-0.1, -0.05) is 49.7 Å². The smallest absolute Gasteiger partial charge is 0.254 e. The summed E-state index contributed by atoms with van der Waals surface area (Å²) in [7, 11) is -3.07. The molecular weight excluding hydrogens is 424 g/mol. The van der Waals surface area contributed by atoms with Crippen molar-refractivity contribution in [1.82, 2.24) is 9.80 Å². The number of benzene rings is 2. The van der Waals surface area contributed by atoms with Crippen molar-refractivity contribution < 1.29 is 18.0 Å². The molecule has 0 aromatic heterocycles. The summed E-state index contributed by atoms with van der Waals surface area (Å²) in [4.78, 5) is 30.5. The molecule has 2 aromatic rings. The van der Waals surface area contributed by atoms with Crippen LogP contribution >= 0.6 is 0 Å². The lowest BCUT2D eigenvalue weighted by Gasteiger charge is -2.37. The molecule has 2 saturated heterocycles. The number of rotatable bonds is 6. The third-order valence-electron chi connectivity index (χ3n) is 6.76. The molecule has 2 amide bonds. The van der Waals surface area contributed by atoms with Gasteiger partial charge >= 0.3 is 0 Å². The number of piperidine rings is 1. The highest BCUT2D eigenvalue weighted by atomic mass is 32.2. The van der Waals surface area contributed by atoms with Gasteiger partial charge in [-0.3, -0.25) is 9.59 Å². The zero-order valence-corrected chi connectivity index (χ0v) is 19.5. The third-order valence-corrected chi connectivity index (χ3v) is 8.51. The van der Waals surface area contributed by atoms with E-state index in [-0.39, 0.29) is 35.3 Å². The molecule has 0 spiro atoms. The molecule has 2 aliphatic heterocycles. The first-order valence-corrected chi connectivity index (χ1v) is 13.5. The Morgan fingerprint density at radius 1 is 1.09 bits per heavy atom. The van der Waals surface area contributed by atoms with Crippen molar-refractivity contribution in [3.8, 4) is 0 Å². The van der Waals surface area contributed by atoms with Crippen molar-refractivity contribution in [2.45, 2.75) is 45.1 Å². The predicted molar refractivity (Wildman–Crippen MR) is 126 cm³/mol. The number of unbranched alkanes of at least 4 members (excludes halogenated alkanes) is 1. The minimum Gasteiger partial charge on any atom is -0.338 e. The maximum atomic E-state index is 13.5. The van der Waals surface area contributed by atoms with Gasteiger partial charge in [0.05, 0.1) is 17.4 Å². The van der Waals surface area contributed by atoms with E-state index < -0.39 is 9.84 Å². The van der Waals surface area contributed by atoms with Crippen molar-refractivity contribution in [3.63, 3.8) is 0 Å². The summed E-state index contributed by atoms with van der Waals surface area (Å²) in [5, 5.41) is 1.95. The molecule has 2 heterocycles. The highest BCUT2D eigenvalue weighted by Gasteiger charge is 2.38.